The van der Waals surface area contributed by atoms with E-state index in [0.717, 1.165) is 18.5 Å². The van der Waals surface area contributed by atoms with Crippen LogP contribution in [0.2, 0.25) is 0 Å². The third-order valence-electron chi connectivity index (χ3n) is 5.26. The zero-order chi connectivity index (χ0) is 17.2. The summed E-state index contributed by atoms with van der Waals surface area (Å²) < 4.78 is 0. The van der Waals surface area contributed by atoms with Crippen molar-refractivity contribution in [3.8, 4) is 0 Å². The van der Waals surface area contributed by atoms with E-state index in [0.29, 0.717) is 29.5 Å². The van der Waals surface area contributed by atoms with Crippen molar-refractivity contribution in [2.75, 3.05) is 12.4 Å². The highest BCUT2D eigenvalue weighted by atomic mass is 35.5. The molecule has 2 atom stereocenters. The molecule has 8 heteroatoms. The van der Waals surface area contributed by atoms with Crippen molar-refractivity contribution in [2.24, 2.45) is 0 Å². The maximum Gasteiger partial charge on any atom is 0.253 e. The summed E-state index contributed by atoms with van der Waals surface area (Å²) in [6, 6.07) is 9.04. The lowest BCUT2D eigenvalue weighted by Gasteiger charge is -2.35. The van der Waals surface area contributed by atoms with Crippen molar-refractivity contribution in [2.45, 2.75) is 43.8 Å². The lowest BCUT2D eigenvalue weighted by molar-refractivity contribution is 0.0682. The van der Waals surface area contributed by atoms with Crippen molar-refractivity contribution < 1.29 is 4.79 Å². The largest absolute Gasteiger partial charge is 0.339 e. The minimum absolute atomic E-state index is 0. The number of anilines is 2. The molecule has 2 saturated heterocycles. The predicted octanol–water partition coefficient (Wildman–Crippen LogP) is 3.42. The summed E-state index contributed by atoms with van der Waals surface area (Å²) in [5.74, 6) is 0.740. The van der Waals surface area contributed by atoms with Crippen LogP contribution < -0.4 is 10.6 Å². The van der Waals surface area contributed by atoms with Gasteiger partial charge in [0, 0.05) is 48.8 Å². The van der Waals surface area contributed by atoms with Crippen LogP contribution in [0.3, 0.4) is 0 Å². The Morgan fingerprint density at radius 1 is 1.19 bits per heavy atom. The van der Waals surface area contributed by atoms with E-state index in [1.54, 1.807) is 18.6 Å². The first-order valence-corrected chi connectivity index (χ1v) is 8.85. The van der Waals surface area contributed by atoms with Gasteiger partial charge in [0.05, 0.1) is 6.20 Å². The molecule has 0 spiro atoms. The van der Waals surface area contributed by atoms with Gasteiger partial charge in [-0.15, -0.1) is 24.8 Å². The molecule has 27 heavy (non-hydrogen) atoms. The summed E-state index contributed by atoms with van der Waals surface area (Å²) in [6.45, 7) is 0. The summed E-state index contributed by atoms with van der Waals surface area (Å²) in [5.41, 5.74) is 1.53. The Morgan fingerprint density at radius 3 is 2.59 bits per heavy atom. The van der Waals surface area contributed by atoms with Crippen molar-refractivity contribution in [3.63, 3.8) is 0 Å². The van der Waals surface area contributed by atoms with Crippen molar-refractivity contribution in [1.82, 2.24) is 20.2 Å². The zero-order valence-electron chi connectivity index (χ0n) is 15.2. The highest BCUT2D eigenvalue weighted by Gasteiger charge is 2.36. The number of nitrogens with one attached hydrogen (secondary N) is 2. The number of halogens is 2. The monoisotopic (exact) mass is 409 g/mol. The Kier molecular flexibility index (Phi) is 7.41. The summed E-state index contributed by atoms with van der Waals surface area (Å²) in [6.07, 6.45) is 9.50. The van der Waals surface area contributed by atoms with Crippen LogP contribution in [0.15, 0.2) is 42.9 Å². The molecule has 1 amide bonds. The second-order valence-electron chi connectivity index (χ2n) is 6.98. The Labute approximate surface area is 172 Å². The highest BCUT2D eigenvalue weighted by Crippen LogP contribution is 2.30. The summed E-state index contributed by atoms with van der Waals surface area (Å²) in [5, 5.41) is 6.82. The van der Waals surface area contributed by atoms with E-state index < -0.39 is 0 Å². The number of carbonyl (C=O) groups excluding carboxylic acids is 1. The molecule has 2 aliphatic rings. The molecule has 4 rings (SSSR count). The molecule has 2 fully saturated rings. The standard InChI is InChI=1S/C19H23N5O.2ClH/c1-24(17-10-15-5-6-16(11-17)22-15)19(25)13-3-2-4-14(9-13)23-18-12-20-7-8-21-18;;/h2-4,7-9,12,15-17,22H,5-6,10-11H2,1H3,(H,21,23);2*1H. The van der Waals surface area contributed by atoms with Crippen molar-refractivity contribution >= 4 is 42.2 Å². The van der Waals surface area contributed by atoms with Crippen LogP contribution in [-0.2, 0) is 0 Å². The third kappa shape index (κ3) is 4.89. The van der Waals surface area contributed by atoms with Gasteiger partial charge in [-0.25, -0.2) is 4.98 Å². The van der Waals surface area contributed by atoms with E-state index in [4.69, 9.17) is 0 Å². The summed E-state index contributed by atoms with van der Waals surface area (Å²) in [4.78, 5) is 23.1. The minimum atomic E-state index is 0. The van der Waals surface area contributed by atoms with Crippen LogP contribution in [-0.4, -0.2) is 45.9 Å². The lowest BCUT2D eigenvalue weighted by Crippen LogP contribution is -2.48. The maximum atomic E-state index is 12.9. The molecule has 0 radical (unpaired) electrons. The van der Waals surface area contributed by atoms with Crippen LogP contribution in [0, 0.1) is 0 Å². The maximum absolute atomic E-state index is 12.9. The Hall–Kier alpha value is -1.89. The fourth-order valence-electron chi connectivity index (χ4n) is 3.95. The Morgan fingerprint density at radius 2 is 1.93 bits per heavy atom. The normalized spacial score (nSPS) is 22.9. The van der Waals surface area contributed by atoms with Gasteiger partial charge >= 0.3 is 0 Å². The molecular weight excluding hydrogens is 385 g/mol. The first kappa shape index (κ1) is 21.4. The van der Waals surface area contributed by atoms with E-state index in [9.17, 15) is 4.79 Å². The molecular formula is C19H25Cl2N5O. The predicted molar refractivity (Wildman–Crippen MR) is 111 cm³/mol. The SMILES string of the molecule is CN(C(=O)c1cccc(Nc2cnccn2)c1)C1CC2CCC(C1)N2.Cl.Cl. The van der Waals surface area contributed by atoms with Crippen LogP contribution >= 0.6 is 24.8 Å². The molecule has 2 aliphatic heterocycles. The molecule has 6 nitrogen and oxygen atoms in total. The van der Waals surface area contributed by atoms with Gasteiger partial charge in [-0.1, -0.05) is 6.07 Å². The number of benzene rings is 1. The van der Waals surface area contributed by atoms with Crippen LogP contribution in [0.4, 0.5) is 11.5 Å². The molecule has 0 aliphatic carbocycles. The molecule has 2 aromatic rings. The smallest absolute Gasteiger partial charge is 0.253 e. The number of hydrogen-bond acceptors (Lipinski definition) is 5. The fraction of sp³-hybridized carbons (Fsp3) is 0.421. The van der Waals surface area contributed by atoms with Gasteiger partial charge in [0.15, 0.2) is 0 Å². The molecule has 2 bridgehead atoms. The molecule has 2 unspecified atom stereocenters. The number of hydrogen-bond donors (Lipinski definition) is 2. The third-order valence-corrected chi connectivity index (χ3v) is 5.26. The Bertz CT molecular complexity index is 749. The first-order valence-electron chi connectivity index (χ1n) is 8.85. The van der Waals surface area contributed by atoms with Crippen LogP contribution in [0.25, 0.3) is 0 Å². The van der Waals surface area contributed by atoms with E-state index >= 15 is 0 Å². The van der Waals surface area contributed by atoms with Crippen molar-refractivity contribution in [3.05, 3.63) is 48.4 Å². The van der Waals surface area contributed by atoms with E-state index in [2.05, 4.69) is 20.6 Å². The van der Waals surface area contributed by atoms with Crippen molar-refractivity contribution in [1.29, 1.82) is 0 Å². The average Bonchev–Trinajstić information content (AvgIpc) is 2.99. The van der Waals surface area contributed by atoms with Crippen LogP contribution in [0.5, 0.6) is 0 Å². The summed E-state index contributed by atoms with van der Waals surface area (Å²) in [7, 11) is 1.93. The van der Waals surface area contributed by atoms with E-state index in [-0.39, 0.29) is 30.7 Å². The first-order chi connectivity index (χ1) is 12.2. The second kappa shape index (κ2) is 9.35. The number of fused-ring (bicyclic) bond motifs is 2. The number of rotatable bonds is 4. The molecule has 2 N–H and O–H groups in total. The number of carbonyl (C=O) groups is 1. The number of aromatic nitrogens is 2. The topological polar surface area (TPSA) is 70.2 Å². The molecule has 146 valence electrons. The Balaban J connectivity index is 0.00000131. The van der Waals surface area contributed by atoms with Gasteiger partial charge < -0.3 is 15.5 Å². The summed E-state index contributed by atoms with van der Waals surface area (Å²) >= 11 is 0. The molecule has 0 saturated carbocycles. The zero-order valence-corrected chi connectivity index (χ0v) is 16.8. The molecule has 3 heterocycles. The number of nitrogens with zero attached hydrogens (tertiary/aromatic N) is 3. The van der Waals surface area contributed by atoms with E-state index in [1.165, 1.54) is 12.8 Å². The number of piperidine rings is 1. The average molecular weight is 410 g/mol. The fourth-order valence-corrected chi connectivity index (χ4v) is 3.95. The lowest BCUT2D eigenvalue weighted by atomic mass is 9.98. The highest BCUT2D eigenvalue weighted by molar-refractivity contribution is 5.95. The quantitative estimate of drug-likeness (QED) is 0.809. The second-order valence-corrected chi connectivity index (χ2v) is 6.98. The van der Waals surface area contributed by atoms with Gasteiger partial charge in [-0.3, -0.25) is 9.78 Å². The van der Waals surface area contributed by atoms with Gasteiger partial charge in [0.25, 0.3) is 5.91 Å². The van der Waals surface area contributed by atoms with Gasteiger partial charge in [0.1, 0.15) is 5.82 Å². The molecule has 1 aromatic carbocycles. The molecule has 1 aromatic heterocycles. The van der Waals surface area contributed by atoms with Gasteiger partial charge in [0.2, 0.25) is 0 Å². The van der Waals surface area contributed by atoms with E-state index in [1.807, 2.05) is 36.2 Å². The number of amides is 1. The van der Waals surface area contributed by atoms with Crippen LogP contribution in [0.1, 0.15) is 36.0 Å². The van der Waals surface area contributed by atoms with Gasteiger partial charge in [-0.2, -0.15) is 0 Å². The van der Waals surface area contributed by atoms with Gasteiger partial charge in [-0.05, 0) is 43.9 Å². The minimum Gasteiger partial charge on any atom is -0.339 e.